The van der Waals surface area contributed by atoms with Gasteiger partial charge in [0.05, 0.1) is 20.3 Å². The maximum absolute atomic E-state index is 10.4. The average Bonchev–Trinajstić information content (AvgIpc) is 2.53. The molecule has 124 valence electrons. The second-order valence-corrected chi connectivity index (χ2v) is 5.83. The predicted molar refractivity (Wildman–Crippen MR) is 92.4 cm³/mol. The Morgan fingerprint density at radius 2 is 1.91 bits per heavy atom. The van der Waals surface area contributed by atoms with Gasteiger partial charge in [0.2, 0.25) is 0 Å². The van der Waals surface area contributed by atoms with Crippen LogP contribution in [0.2, 0.25) is 5.02 Å². The minimum atomic E-state index is -0.694. The molecule has 0 saturated heterocycles. The van der Waals surface area contributed by atoms with E-state index in [-0.39, 0.29) is 0 Å². The van der Waals surface area contributed by atoms with Gasteiger partial charge in [0.25, 0.3) is 0 Å². The Labute approximate surface area is 142 Å². The molecule has 0 radical (unpaired) electrons. The van der Waals surface area contributed by atoms with E-state index in [2.05, 4.69) is 11.4 Å². The lowest BCUT2D eigenvalue weighted by Gasteiger charge is -2.17. The fraction of sp³-hybridized carbons (Fsp3) is 0.333. The van der Waals surface area contributed by atoms with Gasteiger partial charge in [-0.05, 0) is 48.4 Å². The van der Waals surface area contributed by atoms with Crippen LogP contribution in [0.15, 0.2) is 36.4 Å². The number of hydrogen-bond acceptors (Lipinski definition) is 4. The van der Waals surface area contributed by atoms with E-state index in [1.807, 2.05) is 19.1 Å². The van der Waals surface area contributed by atoms with Gasteiger partial charge in [-0.2, -0.15) is 0 Å². The van der Waals surface area contributed by atoms with Crippen LogP contribution < -0.4 is 14.8 Å². The first-order valence-corrected chi connectivity index (χ1v) is 7.78. The molecule has 0 heterocycles. The minimum absolute atomic E-state index is 0.398. The zero-order valence-electron chi connectivity index (χ0n) is 13.6. The molecule has 0 aliphatic rings. The summed E-state index contributed by atoms with van der Waals surface area (Å²) in [5.41, 5.74) is 2.89. The minimum Gasteiger partial charge on any atom is -0.497 e. The molecule has 0 fully saturated rings. The molecule has 1 atom stereocenters. The summed E-state index contributed by atoms with van der Waals surface area (Å²) >= 11 is 6.05. The summed E-state index contributed by atoms with van der Waals surface area (Å²) < 4.78 is 10.5. The highest BCUT2D eigenvalue weighted by Crippen LogP contribution is 2.29. The third kappa shape index (κ3) is 4.86. The third-order valence-corrected chi connectivity index (χ3v) is 3.78. The SMILES string of the molecule is COc1ccc(OC)c([C@H](O)CNCc2cc(C)cc(Cl)c2)c1. The molecule has 0 saturated carbocycles. The zero-order valence-corrected chi connectivity index (χ0v) is 14.4. The lowest BCUT2D eigenvalue weighted by molar-refractivity contribution is 0.169. The summed E-state index contributed by atoms with van der Waals surface area (Å²) in [6.45, 7) is 3.03. The molecule has 0 aromatic heterocycles. The maximum atomic E-state index is 10.4. The lowest BCUT2D eigenvalue weighted by atomic mass is 10.1. The predicted octanol–water partition coefficient (Wildman–Crippen LogP) is 3.49. The highest BCUT2D eigenvalue weighted by Gasteiger charge is 2.14. The zero-order chi connectivity index (χ0) is 16.8. The summed E-state index contributed by atoms with van der Waals surface area (Å²) in [6.07, 6.45) is -0.694. The molecule has 0 aliphatic heterocycles. The van der Waals surface area contributed by atoms with E-state index in [9.17, 15) is 5.11 Å². The summed E-state index contributed by atoms with van der Waals surface area (Å²) in [5, 5.41) is 14.4. The van der Waals surface area contributed by atoms with Gasteiger partial charge in [-0.25, -0.2) is 0 Å². The van der Waals surface area contributed by atoms with E-state index in [4.69, 9.17) is 21.1 Å². The number of aliphatic hydroxyl groups excluding tert-OH is 1. The number of benzene rings is 2. The van der Waals surface area contributed by atoms with Crippen LogP contribution in [0.3, 0.4) is 0 Å². The van der Waals surface area contributed by atoms with E-state index in [1.54, 1.807) is 32.4 Å². The Balaban J connectivity index is 2.00. The van der Waals surface area contributed by atoms with Crippen LogP contribution >= 0.6 is 11.6 Å². The quantitative estimate of drug-likeness (QED) is 0.813. The van der Waals surface area contributed by atoms with Crippen molar-refractivity contribution in [3.05, 3.63) is 58.1 Å². The fourth-order valence-corrected chi connectivity index (χ4v) is 2.79. The van der Waals surface area contributed by atoms with E-state index >= 15 is 0 Å². The summed E-state index contributed by atoms with van der Waals surface area (Å²) in [5.74, 6) is 1.32. The van der Waals surface area contributed by atoms with Crippen molar-refractivity contribution in [2.45, 2.75) is 19.6 Å². The lowest BCUT2D eigenvalue weighted by Crippen LogP contribution is -2.21. The van der Waals surface area contributed by atoms with E-state index < -0.39 is 6.10 Å². The summed E-state index contributed by atoms with van der Waals surface area (Å²) in [6, 6.07) is 11.3. The van der Waals surface area contributed by atoms with Crippen molar-refractivity contribution >= 4 is 11.6 Å². The number of ether oxygens (including phenoxy) is 2. The number of halogens is 1. The van der Waals surface area contributed by atoms with Crippen molar-refractivity contribution < 1.29 is 14.6 Å². The Kier molecular flexibility index (Phi) is 6.28. The maximum Gasteiger partial charge on any atom is 0.124 e. The molecule has 2 aromatic rings. The first kappa shape index (κ1) is 17.6. The number of hydrogen-bond donors (Lipinski definition) is 2. The van der Waals surface area contributed by atoms with E-state index in [0.29, 0.717) is 30.2 Å². The van der Waals surface area contributed by atoms with Gasteiger partial charge in [0, 0.05) is 23.7 Å². The van der Waals surface area contributed by atoms with E-state index in [0.717, 1.165) is 16.1 Å². The standard InChI is InChI=1S/C18H22ClNO3/c1-12-6-13(8-14(19)7-12)10-20-11-17(21)16-9-15(22-2)4-5-18(16)23-3/h4-9,17,20-21H,10-11H2,1-3H3/t17-/m1/s1. The molecule has 2 N–H and O–H groups in total. The number of aryl methyl sites for hydroxylation is 1. The number of rotatable bonds is 7. The Morgan fingerprint density at radius 3 is 2.57 bits per heavy atom. The first-order chi connectivity index (χ1) is 11.0. The van der Waals surface area contributed by atoms with Gasteiger partial charge in [-0.3, -0.25) is 0 Å². The van der Waals surface area contributed by atoms with Crippen LogP contribution in [0.1, 0.15) is 22.8 Å². The van der Waals surface area contributed by atoms with Crippen molar-refractivity contribution in [3.8, 4) is 11.5 Å². The van der Waals surface area contributed by atoms with Gasteiger partial charge < -0.3 is 19.9 Å². The van der Waals surface area contributed by atoms with E-state index in [1.165, 1.54) is 0 Å². The van der Waals surface area contributed by atoms with Crippen LogP contribution in [0.25, 0.3) is 0 Å². The highest BCUT2D eigenvalue weighted by atomic mass is 35.5. The van der Waals surface area contributed by atoms with Crippen molar-refractivity contribution in [3.63, 3.8) is 0 Å². The summed E-state index contributed by atoms with van der Waals surface area (Å²) in [7, 11) is 3.18. The Bertz CT molecular complexity index is 640. The van der Waals surface area contributed by atoms with Crippen LogP contribution in [0.4, 0.5) is 0 Å². The molecule has 5 heteroatoms. The molecule has 0 aliphatic carbocycles. The molecule has 2 rings (SSSR count). The Hall–Kier alpha value is -1.75. The monoisotopic (exact) mass is 335 g/mol. The van der Waals surface area contributed by atoms with Crippen molar-refractivity contribution in [1.82, 2.24) is 5.32 Å². The molecule has 4 nitrogen and oxygen atoms in total. The number of aliphatic hydroxyl groups is 1. The van der Waals surface area contributed by atoms with Crippen molar-refractivity contribution in [2.75, 3.05) is 20.8 Å². The Morgan fingerprint density at radius 1 is 1.13 bits per heavy atom. The number of methoxy groups -OCH3 is 2. The molecule has 0 unspecified atom stereocenters. The van der Waals surface area contributed by atoms with Crippen LogP contribution in [-0.2, 0) is 6.54 Å². The van der Waals surface area contributed by atoms with Gasteiger partial charge in [0.15, 0.2) is 0 Å². The third-order valence-electron chi connectivity index (χ3n) is 3.56. The van der Waals surface area contributed by atoms with Gasteiger partial charge in [-0.15, -0.1) is 0 Å². The normalized spacial score (nSPS) is 12.0. The molecule has 2 aromatic carbocycles. The first-order valence-electron chi connectivity index (χ1n) is 7.40. The second-order valence-electron chi connectivity index (χ2n) is 5.39. The molecule has 0 bridgehead atoms. The summed E-state index contributed by atoms with van der Waals surface area (Å²) in [4.78, 5) is 0. The van der Waals surface area contributed by atoms with Crippen molar-refractivity contribution in [1.29, 1.82) is 0 Å². The molecular formula is C18H22ClNO3. The van der Waals surface area contributed by atoms with Gasteiger partial charge in [0.1, 0.15) is 11.5 Å². The van der Waals surface area contributed by atoms with Gasteiger partial charge in [-0.1, -0.05) is 17.7 Å². The smallest absolute Gasteiger partial charge is 0.124 e. The topological polar surface area (TPSA) is 50.7 Å². The molecule has 0 amide bonds. The number of nitrogens with one attached hydrogen (secondary N) is 1. The highest BCUT2D eigenvalue weighted by molar-refractivity contribution is 6.30. The molecular weight excluding hydrogens is 314 g/mol. The second kappa shape index (κ2) is 8.20. The fourth-order valence-electron chi connectivity index (χ4n) is 2.48. The van der Waals surface area contributed by atoms with Crippen molar-refractivity contribution in [2.24, 2.45) is 0 Å². The van der Waals surface area contributed by atoms with Crippen LogP contribution in [0.5, 0.6) is 11.5 Å². The van der Waals surface area contributed by atoms with Crippen LogP contribution in [0, 0.1) is 6.92 Å². The molecule has 23 heavy (non-hydrogen) atoms. The average molecular weight is 336 g/mol. The largest absolute Gasteiger partial charge is 0.497 e. The molecule has 0 spiro atoms. The van der Waals surface area contributed by atoms with Crippen LogP contribution in [-0.4, -0.2) is 25.9 Å². The van der Waals surface area contributed by atoms with Gasteiger partial charge >= 0.3 is 0 Å².